The van der Waals surface area contributed by atoms with Crippen molar-refractivity contribution >= 4 is 11.0 Å². The molecule has 0 atom stereocenters. The molecule has 0 radical (unpaired) electrons. The number of aromatic nitrogens is 4. The van der Waals surface area contributed by atoms with Crippen LogP contribution in [-0.2, 0) is 0 Å². The SMILES string of the molecule is CCN(CC)CCOc1ncc2cn(C3CCCC3)nc2n1. The van der Waals surface area contributed by atoms with Gasteiger partial charge in [0.05, 0.1) is 11.4 Å². The number of rotatable bonds is 7. The van der Waals surface area contributed by atoms with Crippen molar-refractivity contribution in [3.63, 3.8) is 0 Å². The minimum Gasteiger partial charge on any atom is -0.462 e. The van der Waals surface area contributed by atoms with Gasteiger partial charge < -0.3 is 9.64 Å². The van der Waals surface area contributed by atoms with Gasteiger partial charge in [0.15, 0.2) is 5.65 Å². The summed E-state index contributed by atoms with van der Waals surface area (Å²) in [4.78, 5) is 11.0. The van der Waals surface area contributed by atoms with E-state index in [-0.39, 0.29) is 0 Å². The molecule has 0 saturated heterocycles. The van der Waals surface area contributed by atoms with Crippen LogP contribution >= 0.6 is 0 Å². The fraction of sp³-hybridized carbons (Fsp3) is 0.688. The molecular weight excluding hydrogens is 278 g/mol. The molecule has 0 spiro atoms. The molecule has 22 heavy (non-hydrogen) atoms. The van der Waals surface area contributed by atoms with Gasteiger partial charge in [-0.3, -0.25) is 4.68 Å². The average Bonchev–Trinajstić information content (AvgIpc) is 3.19. The molecule has 1 aliphatic carbocycles. The first-order valence-electron chi connectivity index (χ1n) is 8.37. The van der Waals surface area contributed by atoms with Gasteiger partial charge in [0.1, 0.15) is 6.61 Å². The number of ether oxygens (including phenoxy) is 1. The Morgan fingerprint density at radius 1 is 1.27 bits per heavy atom. The Hall–Kier alpha value is -1.69. The smallest absolute Gasteiger partial charge is 0.318 e. The first-order chi connectivity index (χ1) is 10.8. The van der Waals surface area contributed by atoms with Crippen LogP contribution < -0.4 is 4.74 Å². The van der Waals surface area contributed by atoms with Gasteiger partial charge in [0.2, 0.25) is 0 Å². The van der Waals surface area contributed by atoms with E-state index in [4.69, 9.17) is 4.74 Å². The lowest BCUT2D eigenvalue weighted by Gasteiger charge is -2.17. The molecular formula is C16H25N5O. The maximum Gasteiger partial charge on any atom is 0.318 e. The fourth-order valence-corrected chi connectivity index (χ4v) is 3.05. The van der Waals surface area contributed by atoms with Crippen LogP contribution in [-0.4, -0.2) is 50.9 Å². The van der Waals surface area contributed by atoms with E-state index in [9.17, 15) is 0 Å². The van der Waals surface area contributed by atoms with Gasteiger partial charge in [-0.25, -0.2) is 4.98 Å². The van der Waals surface area contributed by atoms with Crippen molar-refractivity contribution in [3.8, 4) is 6.01 Å². The van der Waals surface area contributed by atoms with E-state index in [2.05, 4.69) is 44.7 Å². The van der Waals surface area contributed by atoms with Gasteiger partial charge >= 0.3 is 6.01 Å². The lowest BCUT2D eigenvalue weighted by molar-refractivity contribution is 0.213. The number of fused-ring (bicyclic) bond motifs is 1. The highest BCUT2D eigenvalue weighted by molar-refractivity contribution is 5.72. The molecule has 0 amide bonds. The monoisotopic (exact) mass is 303 g/mol. The average molecular weight is 303 g/mol. The molecule has 2 aromatic heterocycles. The largest absolute Gasteiger partial charge is 0.462 e. The summed E-state index contributed by atoms with van der Waals surface area (Å²) in [5.74, 6) is 0. The zero-order chi connectivity index (χ0) is 15.4. The Labute approximate surface area is 131 Å². The summed E-state index contributed by atoms with van der Waals surface area (Å²) in [5.41, 5.74) is 0.736. The Morgan fingerprint density at radius 3 is 2.77 bits per heavy atom. The minimum absolute atomic E-state index is 0.427. The van der Waals surface area contributed by atoms with Gasteiger partial charge in [-0.1, -0.05) is 26.7 Å². The second-order valence-electron chi connectivity index (χ2n) is 5.85. The number of hydrogen-bond acceptors (Lipinski definition) is 5. The van der Waals surface area contributed by atoms with E-state index in [0.29, 0.717) is 18.7 Å². The van der Waals surface area contributed by atoms with Gasteiger partial charge in [-0.05, 0) is 25.9 Å². The van der Waals surface area contributed by atoms with Crippen LogP contribution in [0.3, 0.4) is 0 Å². The maximum absolute atomic E-state index is 5.67. The Bertz CT molecular complexity index is 602. The van der Waals surface area contributed by atoms with Crippen LogP contribution in [0.2, 0.25) is 0 Å². The van der Waals surface area contributed by atoms with Crippen LogP contribution in [0.25, 0.3) is 11.0 Å². The third-order valence-corrected chi connectivity index (χ3v) is 4.49. The van der Waals surface area contributed by atoms with Crippen LogP contribution in [0.5, 0.6) is 6.01 Å². The highest BCUT2D eigenvalue weighted by atomic mass is 16.5. The molecule has 0 unspecified atom stereocenters. The van der Waals surface area contributed by atoms with Crippen molar-refractivity contribution in [2.45, 2.75) is 45.6 Å². The van der Waals surface area contributed by atoms with Crippen molar-refractivity contribution in [2.75, 3.05) is 26.2 Å². The van der Waals surface area contributed by atoms with Gasteiger partial charge in [0.25, 0.3) is 0 Å². The summed E-state index contributed by atoms with van der Waals surface area (Å²) < 4.78 is 7.73. The van der Waals surface area contributed by atoms with Crippen molar-refractivity contribution in [1.82, 2.24) is 24.6 Å². The highest BCUT2D eigenvalue weighted by Gasteiger charge is 2.18. The lowest BCUT2D eigenvalue weighted by Crippen LogP contribution is -2.28. The van der Waals surface area contributed by atoms with Crippen LogP contribution in [0.15, 0.2) is 12.4 Å². The predicted octanol–water partition coefficient (Wildman–Crippen LogP) is 2.66. The van der Waals surface area contributed by atoms with Crippen molar-refractivity contribution < 1.29 is 4.74 Å². The van der Waals surface area contributed by atoms with E-state index < -0.39 is 0 Å². The van der Waals surface area contributed by atoms with Crippen molar-refractivity contribution in [2.24, 2.45) is 0 Å². The quantitative estimate of drug-likeness (QED) is 0.787. The summed E-state index contributed by atoms with van der Waals surface area (Å²) in [5, 5.41) is 5.59. The van der Waals surface area contributed by atoms with E-state index in [0.717, 1.165) is 30.7 Å². The van der Waals surface area contributed by atoms with Crippen LogP contribution in [0, 0.1) is 0 Å². The first kappa shape index (κ1) is 15.2. The molecule has 0 bridgehead atoms. The topological polar surface area (TPSA) is 56.1 Å². The van der Waals surface area contributed by atoms with E-state index in [1.807, 2.05) is 6.20 Å². The zero-order valence-electron chi connectivity index (χ0n) is 13.5. The standard InChI is InChI=1S/C16H25N5O/c1-3-20(4-2)9-10-22-16-17-11-13-12-21(19-15(13)18-16)14-7-5-6-8-14/h11-12,14H,3-10H2,1-2H3. The summed E-state index contributed by atoms with van der Waals surface area (Å²) in [6, 6.07) is 0.956. The first-order valence-corrected chi connectivity index (χ1v) is 8.37. The zero-order valence-corrected chi connectivity index (χ0v) is 13.5. The van der Waals surface area contributed by atoms with Gasteiger partial charge in [0, 0.05) is 18.9 Å². The highest BCUT2D eigenvalue weighted by Crippen LogP contribution is 2.29. The maximum atomic E-state index is 5.67. The molecule has 0 aliphatic heterocycles. The van der Waals surface area contributed by atoms with Crippen LogP contribution in [0.4, 0.5) is 0 Å². The van der Waals surface area contributed by atoms with E-state index in [1.165, 1.54) is 25.7 Å². The molecule has 6 heteroatoms. The summed E-state index contributed by atoms with van der Waals surface area (Å²) in [6.45, 7) is 7.88. The Balaban J connectivity index is 1.64. The van der Waals surface area contributed by atoms with Gasteiger partial charge in [-0.2, -0.15) is 10.1 Å². The molecule has 1 fully saturated rings. The molecule has 0 N–H and O–H groups in total. The number of hydrogen-bond donors (Lipinski definition) is 0. The second-order valence-corrected chi connectivity index (χ2v) is 5.85. The lowest BCUT2D eigenvalue weighted by atomic mass is 10.3. The Kier molecular flexibility index (Phi) is 4.87. The van der Waals surface area contributed by atoms with Crippen LogP contribution in [0.1, 0.15) is 45.6 Å². The van der Waals surface area contributed by atoms with Gasteiger partial charge in [-0.15, -0.1) is 0 Å². The molecule has 6 nitrogen and oxygen atoms in total. The predicted molar refractivity (Wildman–Crippen MR) is 86.1 cm³/mol. The third-order valence-electron chi connectivity index (χ3n) is 4.49. The molecule has 2 heterocycles. The number of nitrogens with zero attached hydrogens (tertiary/aromatic N) is 5. The molecule has 0 aromatic carbocycles. The molecule has 2 aromatic rings. The molecule has 1 aliphatic rings. The summed E-state index contributed by atoms with van der Waals surface area (Å²) >= 11 is 0. The molecule has 1 saturated carbocycles. The van der Waals surface area contributed by atoms with E-state index in [1.54, 1.807) is 0 Å². The normalized spacial score (nSPS) is 16.0. The molecule has 120 valence electrons. The second kappa shape index (κ2) is 7.05. The van der Waals surface area contributed by atoms with Crippen molar-refractivity contribution in [1.29, 1.82) is 0 Å². The molecule has 3 rings (SSSR count). The third kappa shape index (κ3) is 3.38. The summed E-state index contributed by atoms with van der Waals surface area (Å²) in [6.07, 6.45) is 8.90. The summed E-state index contributed by atoms with van der Waals surface area (Å²) in [7, 11) is 0. The number of likely N-dealkylation sites (N-methyl/N-ethyl adjacent to an activating group) is 1. The van der Waals surface area contributed by atoms with E-state index >= 15 is 0 Å². The minimum atomic E-state index is 0.427. The fourth-order valence-electron chi connectivity index (χ4n) is 3.05. The van der Waals surface area contributed by atoms with Crippen molar-refractivity contribution in [3.05, 3.63) is 12.4 Å². The Morgan fingerprint density at radius 2 is 2.05 bits per heavy atom.